The molecule has 0 aliphatic heterocycles. The molecule has 1 atom stereocenters. The molecule has 0 radical (unpaired) electrons. The van der Waals surface area contributed by atoms with Gasteiger partial charge in [0.2, 0.25) is 5.91 Å². The molecule has 0 aromatic heterocycles. The second kappa shape index (κ2) is 7.05. The van der Waals surface area contributed by atoms with Crippen LogP contribution in [0.3, 0.4) is 0 Å². The van der Waals surface area contributed by atoms with E-state index in [-0.39, 0.29) is 17.9 Å². The lowest BCUT2D eigenvalue weighted by molar-refractivity contribution is -0.120. The monoisotopic (exact) mass is 327 g/mol. The normalized spacial score (nSPS) is 13.9. The van der Waals surface area contributed by atoms with Gasteiger partial charge < -0.3 is 15.2 Å². The van der Waals surface area contributed by atoms with Crippen LogP contribution < -0.4 is 10.1 Å². The van der Waals surface area contributed by atoms with Gasteiger partial charge in [0.25, 0.3) is 0 Å². The molecule has 0 aliphatic carbocycles. The van der Waals surface area contributed by atoms with E-state index in [0.717, 1.165) is 0 Å². The van der Waals surface area contributed by atoms with Crippen LogP contribution in [0.5, 0.6) is 5.75 Å². The van der Waals surface area contributed by atoms with Crippen molar-refractivity contribution in [2.45, 2.75) is 45.3 Å². The van der Waals surface area contributed by atoms with Crippen LogP contribution in [0, 0.1) is 0 Å². The predicted octanol–water partition coefficient (Wildman–Crippen LogP) is 4.10. The number of para-hydroxylation sites is 2. The zero-order valence-electron chi connectivity index (χ0n) is 14.7. The van der Waals surface area contributed by atoms with Crippen molar-refractivity contribution < 1.29 is 14.6 Å². The Morgan fingerprint density at radius 3 is 2.21 bits per heavy atom. The molecule has 2 aromatic rings. The predicted molar refractivity (Wildman–Crippen MR) is 96.1 cm³/mol. The minimum absolute atomic E-state index is 0.0408. The maximum Gasteiger partial charge on any atom is 0.227 e. The molecule has 2 rings (SSSR count). The van der Waals surface area contributed by atoms with Crippen molar-refractivity contribution in [2.75, 3.05) is 5.32 Å². The Balaban J connectivity index is 2.10. The summed E-state index contributed by atoms with van der Waals surface area (Å²) in [6, 6.07) is 16.5. The van der Waals surface area contributed by atoms with E-state index in [1.807, 2.05) is 69.3 Å². The lowest BCUT2D eigenvalue weighted by Crippen LogP contribution is -2.29. The molecule has 128 valence electrons. The quantitative estimate of drug-likeness (QED) is 0.869. The highest BCUT2D eigenvalue weighted by atomic mass is 16.5. The number of carbonyl (C=O) groups is 1. The summed E-state index contributed by atoms with van der Waals surface area (Å²) in [5.41, 5.74) is -0.290. The Bertz CT molecular complexity index is 688. The van der Waals surface area contributed by atoms with Gasteiger partial charge in [-0.2, -0.15) is 0 Å². The van der Waals surface area contributed by atoms with Crippen LogP contribution in [0.4, 0.5) is 5.69 Å². The Kier molecular flexibility index (Phi) is 5.30. The first-order valence-corrected chi connectivity index (χ1v) is 8.03. The number of ether oxygens (including phenoxy) is 1. The van der Waals surface area contributed by atoms with E-state index >= 15 is 0 Å². The van der Waals surface area contributed by atoms with Crippen molar-refractivity contribution in [1.82, 2.24) is 0 Å². The zero-order valence-corrected chi connectivity index (χ0v) is 14.7. The average Bonchev–Trinajstić information content (AvgIpc) is 2.48. The first kappa shape index (κ1) is 18.0. The van der Waals surface area contributed by atoms with Gasteiger partial charge in [0.1, 0.15) is 11.4 Å². The average molecular weight is 327 g/mol. The number of benzene rings is 2. The number of amides is 1. The van der Waals surface area contributed by atoms with Crippen molar-refractivity contribution in [3.05, 3.63) is 60.2 Å². The highest BCUT2D eigenvalue weighted by Crippen LogP contribution is 2.29. The van der Waals surface area contributed by atoms with E-state index in [0.29, 0.717) is 17.0 Å². The standard InChI is InChI=1S/C20H25NO3/c1-19(2,3)24-17-13-9-8-12-16(17)21-18(22)14-20(4,23)15-10-6-5-7-11-15/h5-13,23H,14H2,1-4H3,(H,21,22). The van der Waals surface area contributed by atoms with E-state index in [2.05, 4.69) is 5.32 Å². The van der Waals surface area contributed by atoms with E-state index in [4.69, 9.17) is 4.74 Å². The smallest absolute Gasteiger partial charge is 0.227 e. The molecular formula is C20H25NO3. The number of rotatable bonds is 5. The summed E-state index contributed by atoms with van der Waals surface area (Å²) in [4.78, 5) is 12.4. The van der Waals surface area contributed by atoms with Gasteiger partial charge in [0.15, 0.2) is 0 Å². The highest BCUT2D eigenvalue weighted by molar-refractivity contribution is 5.93. The molecule has 0 saturated carbocycles. The van der Waals surface area contributed by atoms with Crippen LogP contribution in [0.2, 0.25) is 0 Å². The molecule has 0 aliphatic rings. The van der Waals surface area contributed by atoms with E-state index in [1.54, 1.807) is 13.0 Å². The summed E-state index contributed by atoms with van der Waals surface area (Å²) in [6.45, 7) is 7.49. The summed E-state index contributed by atoms with van der Waals surface area (Å²) in [5.74, 6) is 0.339. The lowest BCUT2D eigenvalue weighted by atomic mass is 9.92. The van der Waals surface area contributed by atoms with Crippen molar-refractivity contribution in [3.63, 3.8) is 0 Å². The van der Waals surface area contributed by atoms with Gasteiger partial charge in [-0.25, -0.2) is 0 Å². The molecule has 24 heavy (non-hydrogen) atoms. The number of anilines is 1. The number of aliphatic hydroxyl groups is 1. The van der Waals surface area contributed by atoms with Crippen LogP contribution in [0.15, 0.2) is 54.6 Å². The molecular weight excluding hydrogens is 302 g/mol. The van der Waals surface area contributed by atoms with Gasteiger partial charge in [-0.3, -0.25) is 4.79 Å². The summed E-state index contributed by atoms with van der Waals surface area (Å²) in [7, 11) is 0. The fourth-order valence-corrected chi connectivity index (χ4v) is 2.40. The molecule has 1 amide bonds. The fraction of sp³-hybridized carbons (Fsp3) is 0.350. The Morgan fingerprint density at radius 1 is 1.00 bits per heavy atom. The largest absolute Gasteiger partial charge is 0.486 e. The second-order valence-electron chi connectivity index (χ2n) is 7.08. The van der Waals surface area contributed by atoms with Crippen LogP contribution >= 0.6 is 0 Å². The van der Waals surface area contributed by atoms with Gasteiger partial charge in [0, 0.05) is 0 Å². The Labute approximate surface area is 143 Å². The lowest BCUT2D eigenvalue weighted by Gasteiger charge is -2.25. The first-order valence-electron chi connectivity index (χ1n) is 8.03. The molecule has 0 spiro atoms. The van der Waals surface area contributed by atoms with Gasteiger partial charge in [0.05, 0.1) is 17.7 Å². The zero-order chi connectivity index (χ0) is 17.8. The van der Waals surface area contributed by atoms with E-state index < -0.39 is 5.60 Å². The molecule has 0 fully saturated rings. The minimum atomic E-state index is -1.23. The second-order valence-corrected chi connectivity index (χ2v) is 7.08. The van der Waals surface area contributed by atoms with Crippen molar-refractivity contribution >= 4 is 11.6 Å². The number of nitrogens with one attached hydrogen (secondary N) is 1. The van der Waals surface area contributed by atoms with E-state index in [1.165, 1.54) is 0 Å². The van der Waals surface area contributed by atoms with Crippen LogP contribution in [0.1, 0.15) is 39.7 Å². The molecule has 2 aromatic carbocycles. The molecule has 0 bridgehead atoms. The third-order valence-electron chi connectivity index (χ3n) is 3.48. The molecule has 1 unspecified atom stereocenters. The maximum atomic E-state index is 12.4. The van der Waals surface area contributed by atoms with Crippen molar-refractivity contribution in [2.24, 2.45) is 0 Å². The molecule has 4 heteroatoms. The number of hydrogen-bond donors (Lipinski definition) is 2. The third-order valence-corrected chi connectivity index (χ3v) is 3.48. The van der Waals surface area contributed by atoms with Crippen molar-refractivity contribution in [1.29, 1.82) is 0 Å². The summed E-state index contributed by atoms with van der Waals surface area (Å²) in [6.07, 6.45) is -0.0408. The van der Waals surface area contributed by atoms with Gasteiger partial charge >= 0.3 is 0 Å². The highest BCUT2D eigenvalue weighted by Gasteiger charge is 2.27. The third kappa shape index (κ3) is 5.10. The van der Waals surface area contributed by atoms with Crippen LogP contribution in [-0.2, 0) is 10.4 Å². The number of hydrogen-bond acceptors (Lipinski definition) is 3. The van der Waals surface area contributed by atoms with Gasteiger partial charge in [-0.1, -0.05) is 42.5 Å². The minimum Gasteiger partial charge on any atom is -0.486 e. The van der Waals surface area contributed by atoms with Gasteiger partial charge in [-0.05, 0) is 45.4 Å². The molecule has 0 heterocycles. The fourth-order valence-electron chi connectivity index (χ4n) is 2.40. The summed E-state index contributed by atoms with van der Waals surface area (Å²) in [5, 5.41) is 13.4. The topological polar surface area (TPSA) is 58.6 Å². The Morgan fingerprint density at radius 2 is 1.58 bits per heavy atom. The van der Waals surface area contributed by atoms with Crippen LogP contribution in [-0.4, -0.2) is 16.6 Å². The first-order chi connectivity index (χ1) is 11.2. The number of carbonyl (C=O) groups excluding carboxylic acids is 1. The molecule has 4 nitrogen and oxygen atoms in total. The summed E-state index contributed by atoms with van der Waals surface area (Å²) < 4.78 is 5.87. The Hall–Kier alpha value is -2.33. The summed E-state index contributed by atoms with van der Waals surface area (Å²) >= 11 is 0. The van der Waals surface area contributed by atoms with Crippen LogP contribution in [0.25, 0.3) is 0 Å². The molecule has 0 saturated heterocycles. The van der Waals surface area contributed by atoms with Crippen molar-refractivity contribution in [3.8, 4) is 5.75 Å². The molecule has 2 N–H and O–H groups in total. The van der Waals surface area contributed by atoms with E-state index in [9.17, 15) is 9.90 Å². The SMILES string of the molecule is CC(C)(C)Oc1ccccc1NC(=O)CC(C)(O)c1ccccc1. The maximum absolute atomic E-state index is 12.4. The van der Waals surface area contributed by atoms with Gasteiger partial charge in [-0.15, -0.1) is 0 Å².